The van der Waals surface area contributed by atoms with E-state index in [1.165, 1.54) is 11.1 Å². The minimum Gasteiger partial charge on any atom is -0.497 e. The van der Waals surface area contributed by atoms with Gasteiger partial charge in [-0.1, -0.05) is 42.5 Å². The Morgan fingerprint density at radius 2 is 1.76 bits per heavy atom. The Labute approximate surface area is 168 Å². The van der Waals surface area contributed by atoms with E-state index in [1.807, 2.05) is 18.2 Å². The summed E-state index contributed by atoms with van der Waals surface area (Å²) < 4.78 is 5.18. The maximum atomic E-state index is 5.18. The van der Waals surface area contributed by atoms with Crippen molar-refractivity contribution in [2.75, 3.05) is 20.7 Å². The highest BCUT2D eigenvalue weighted by atomic mass is 127. The van der Waals surface area contributed by atoms with E-state index in [2.05, 4.69) is 58.9 Å². The lowest BCUT2D eigenvalue weighted by molar-refractivity contribution is 0.414. The minimum atomic E-state index is 0. The number of hydrogen-bond donors (Lipinski definition) is 2. The van der Waals surface area contributed by atoms with E-state index in [0.717, 1.165) is 31.1 Å². The monoisotopic (exact) mass is 453 g/mol. The molecule has 1 unspecified atom stereocenters. The highest BCUT2D eigenvalue weighted by Gasteiger charge is 2.06. The molecule has 0 amide bonds. The molecular formula is C20H28IN3O. The van der Waals surface area contributed by atoms with Gasteiger partial charge in [-0.3, -0.25) is 4.99 Å². The van der Waals surface area contributed by atoms with Crippen molar-refractivity contribution in [2.45, 2.75) is 25.8 Å². The number of guanidine groups is 1. The molecule has 25 heavy (non-hydrogen) atoms. The standard InChI is InChI=1S/C20H27N3O.HI/c1-16(18-9-5-4-6-10-18)23-20(21-2)22-15-7-8-17-11-13-19(24-3)14-12-17;/h4-6,9-14,16H,7-8,15H2,1-3H3,(H2,21,22,23);1H. The van der Waals surface area contributed by atoms with E-state index >= 15 is 0 Å². The molecule has 0 radical (unpaired) electrons. The van der Waals surface area contributed by atoms with Gasteiger partial charge in [0, 0.05) is 13.6 Å². The molecule has 0 saturated heterocycles. The van der Waals surface area contributed by atoms with Crippen molar-refractivity contribution in [3.8, 4) is 5.75 Å². The minimum absolute atomic E-state index is 0. The van der Waals surface area contributed by atoms with Crippen molar-refractivity contribution < 1.29 is 4.74 Å². The molecule has 0 fully saturated rings. The number of nitrogens with zero attached hydrogens (tertiary/aromatic N) is 1. The van der Waals surface area contributed by atoms with Crippen molar-refractivity contribution >= 4 is 29.9 Å². The van der Waals surface area contributed by atoms with Gasteiger partial charge in [0.15, 0.2) is 5.96 Å². The van der Waals surface area contributed by atoms with Crippen LogP contribution in [0, 0.1) is 0 Å². The summed E-state index contributed by atoms with van der Waals surface area (Å²) in [6.45, 7) is 3.02. The second kappa shape index (κ2) is 11.7. The fourth-order valence-corrected chi connectivity index (χ4v) is 2.52. The lowest BCUT2D eigenvalue weighted by Gasteiger charge is -2.18. The van der Waals surface area contributed by atoms with E-state index in [1.54, 1.807) is 14.2 Å². The summed E-state index contributed by atoms with van der Waals surface area (Å²) in [5.74, 6) is 1.73. The number of ether oxygens (including phenoxy) is 1. The third-order valence-corrected chi connectivity index (χ3v) is 3.97. The normalized spacial score (nSPS) is 12.0. The average molecular weight is 453 g/mol. The Morgan fingerprint density at radius 3 is 2.36 bits per heavy atom. The van der Waals surface area contributed by atoms with Gasteiger partial charge in [0.1, 0.15) is 5.75 Å². The van der Waals surface area contributed by atoms with E-state index in [-0.39, 0.29) is 30.0 Å². The molecule has 0 heterocycles. The number of aryl methyl sites for hydroxylation is 1. The predicted octanol–water partition coefficient (Wildman–Crippen LogP) is 4.17. The summed E-state index contributed by atoms with van der Waals surface area (Å²) in [4.78, 5) is 4.30. The largest absolute Gasteiger partial charge is 0.497 e. The average Bonchev–Trinajstić information content (AvgIpc) is 2.65. The summed E-state index contributed by atoms with van der Waals surface area (Å²) in [5.41, 5.74) is 2.57. The highest BCUT2D eigenvalue weighted by molar-refractivity contribution is 14.0. The van der Waals surface area contributed by atoms with Crippen molar-refractivity contribution in [2.24, 2.45) is 4.99 Å². The van der Waals surface area contributed by atoms with Gasteiger partial charge >= 0.3 is 0 Å². The first-order valence-electron chi connectivity index (χ1n) is 8.38. The van der Waals surface area contributed by atoms with Gasteiger partial charge in [-0.2, -0.15) is 0 Å². The van der Waals surface area contributed by atoms with Crippen LogP contribution in [0.5, 0.6) is 5.75 Å². The molecule has 2 aromatic rings. The molecule has 0 spiro atoms. The zero-order valence-corrected chi connectivity index (χ0v) is 17.5. The van der Waals surface area contributed by atoms with Crippen molar-refractivity contribution in [1.29, 1.82) is 0 Å². The SMILES string of the molecule is CN=C(NCCCc1ccc(OC)cc1)NC(C)c1ccccc1.I. The summed E-state index contributed by atoms with van der Waals surface area (Å²) in [7, 11) is 3.49. The number of nitrogens with one attached hydrogen (secondary N) is 2. The fraction of sp³-hybridized carbons (Fsp3) is 0.350. The molecule has 4 nitrogen and oxygen atoms in total. The highest BCUT2D eigenvalue weighted by Crippen LogP contribution is 2.12. The molecule has 0 aliphatic rings. The quantitative estimate of drug-likeness (QED) is 0.286. The zero-order valence-electron chi connectivity index (χ0n) is 15.2. The van der Waals surface area contributed by atoms with Crippen LogP contribution in [0.15, 0.2) is 59.6 Å². The third kappa shape index (κ3) is 7.34. The van der Waals surface area contributed by atoms with Crippen LogP contribution >= 0.6 is 24.0 Å². The van der Waals surface area contributed by atoms with Crippen LogP contribution in [0.25, 0.3) is 0 Å². The van der Waals surface area contributed by atoms with Crippen LogP contribution in [-0.2, 0) is 6.42 Å². The van der Waals surface area contributed by atoms with Gasteiger partial charge in [0.25, 0.3) is 0 Å². The summed E-state index contributed by atoms with van der Waals surface area (Å²) in [6, 6.07) is 18.8. The molecule has 0 aliphatic heterocycles. The van der Waals surface area contributed by atoms with Gasteiger partial charge in [0.2, 0.25) is 0 Å². The van der Waals surface area contributed by atoms with Crippen molar-refractivity contribution in [3.63, 3.8) is 0 Å². The number of hydrogen-bond acceptors (Lipinski definition) is 2. The molecule has 5 heteroatoms. The summed E-state index contributed by atoms with van der Waals surface area (Å²) in [6.07, 6.45) is 2.08. The molecule has 2 aromatic carbocycles. The molecule has 0 saturated carbocycles. The first-order chi connectivity index (χ1) is 11.7. The number of methoxy groups -OCH3 is 1. The summed E-state index contributed by atoms with van der Waals surface area (Å²) in [5, 5.41) is 6.80. The molecular weight excluding hydrogens is 425 g/mol. The second-order valence-corrected chi connectivity index (χ2v) is 5.73. The number of aliphatic imine (C=N–C) groups is 1. The molecule has 0 aliphatic carbocycles. The maximum Gasteiger partial charge on any atom is 0.191 e. The smallest absolute Gasteiger partial charge is 0.191 e. The fourth-order valence-electron chi connectivity index (χ4n) is 2.52. The predicted molar refractivity (Wildman–Crippen MR) is 116 cm³/mol. The lowest BCUT2D eigenvalue weighted by atomic mass is 10.1. The van der Waals surface area contributed by atoms with E-state index in [9.17, 15) is 0 Å². The Kier molecular flexibility index (Phi) is 9.99. The molecule has 2 N–H and O–H groups in total. The summed E-state index contributed by atoms with van der Waals surface area (Å²) >= 11 is 0. The van der Waals surface area contributed by atoms with E-state index in [4.69, 9.17) is 4.74 Å². The third-order valence-electron chi connectivity index (χ3n) is 3.97. The first kappa shape index (κ1) is 21.3. The number of halogens is 1. The molecule has 2 rings (SSSR count). The second-order valence-electron chi connectivity index (χ2n) is 5.73. The molecule has 1 atom stereocenters. The van der Waals surface area contributed by atoms with Crippen LogP contribution in [0.1, 0.15) is 30.5 Å². The maximum absolute atomic E-state index is 5.18. The van der Waals surface area contributed by atoms with Gasteiger partial charge in [0.05, 0.1) is 13.2 Å². The van der Waals surface area contributed by atoms with Crippen molar-refractivity contribution in [3.05, 3.63) is 65.7 Å². The van der Waals surface area contributed by atoms with Gasteiger partial charge in [-0.25, -0.2) is 0 Å². The first-order valence-corrected chi connectivity index (χ1v) is 8.38. The lowest BCUT2D eigenvalue weighted by Crippen LogP contribution is -2.39. The number of benzene rings is 2. The Hall–Kier alpha value is -1.76. The van der Waals surface area contributed by atoms with Crippen LogP contribution in [-0.4, -0.2) is 26.7 Å². The molecule has 0 bridgehead atoms. The Morgan fingerprint density at radius 1 is 1.08 bits per heavy atom. The van der Waals surface area contributed by atoms with E-state index in [0.29, 0.717) is 0 Å². The molecule has 0 aromatic heterocycles. The number of rotatable bonds is 7. The Bertz CT molecular complexity index is 629. The van der Waals surface area contributed by atoms with Crippen LogP contribution in [0.2, 0.25) is 0 Å². The van der Waals surface area contributed by atoms with Crippen LogP contribution in [0.3, 0.4) is 0 Å². The van der Waals surface area contributed by atoms with Crippen LogP contribution in [0.4, 0.5) is 0 Å². The van der Waals surface area contributed by atoms with Gasteiger partial charge in [-0.05, 0) is 43.0 Å². The van der Waals surface area contributed by atoms with Crippen LogP contribution < -0.4 is 15.4 Å². The van der Waals surface area contributed by atoms with Gasteiger partial charge in [-0.15, -0.1) is 24.0 Å². The topological polar surface area (TPSA) is 45.7 Å². The zero-order chi connectivity index (χ0) is 17.2. The Balaban J connectivity index is 0.00000312. The molecule has 136 valence electrons. The van der Waals surface area contributed by atoms with Crippen molar-refractivity contribution in [1.82, 2.24) is 10.6 Å². The van der Waals surface area contributed by atoms with E-state index < -0.39 is 0 Å². The van der Waals surface area contributed by atoms with Gasteiger partial charge < -0.3 is 15.4 Å².